The van der Waals surface area contributed by atoms with E-state index in [2.05, 4.69) is 10.2 Å². The summed E-state index contributed by atoms with van der Waals surface area (Å²) in [7, 11) is 0. The van der Waals surface area contributed by atoms with Crippen LogP contribution in [0.15, 0.2) is 42.5 Å². The van der Waals surface area contributed by atoms with Crippen LogP contribution in [0.2, 0.25) is 0 Å². The summed E-state index contributed by atoms with van der Waals surface area (Å²) in [6.45, 7) is 5.46. The summed E-state index contributed by atoms with van der Waals surface area (Å²) >= 11 is 0. The van der Waals surface area contributed by atoms with Crippen molar-refractivity contribution in [3.63, 3.8) is 0 Å². The van der Waals surface area contributed by atoms with Gasteiger partial charge < -0.3 is 19.5 Å². The second-order valence-electron chi connectivity index (χ2n) is 6.86. The standard InChI is InChI=1S/C21H24N2O4/c1-15(16-6-7-19-20(12-16)27-11-10-26-19)22-21(24)14-23-8-9-25-18-5-3-2-4-17(18)13-23/h2-7,12,15H,8-11,13-14H2,1H3,(H,22,24)/t15-/m0/s1. The van der Waals surface area contributed by atoms with Crippen molar-refractivity contribution < 1.29 is 19.0 Å². The van der Waals surface area contributed by atoms with Crippen molar-refractivity contribution in [2.24, 2.45) is 0 Å². The zero-order valence-electron chi connectivity index (χ0n) is 15.4. The number of hydrogen-bond acceptors (Lipinski definition) is 5. The normalized spacial score (nSPS) is 17.2. The van der Waals surface area contributed by atoms with Gasteiger partial charge in [-0.05, 0) is 30.7 Å². The number of nitrogens with zero attached hydrogens (tertiary/aromatic N) is 1. The van der Waals surface area contributed by atoms with Gasteiger partial charge in [0.05, 0.1) is 12.6 Å². The average Bonchev–Trinajstić information content (AvgIpc) is 2.89. The summed E-state index contributed by atoms with van der Waals surface area (Å²) < 4.78 is 16.9. The molecule has 0 spiro atoms. The van der Waals surface area contributed by atoms with Gasteiger partial charge >= 0.3 is 0 Å². The molecule has 0 aliphatic carbocycles. The molecule has 1 N–H and O–H groups in total. The zero-order chi connectivity index (χ0) is 18.6. The maximum absolute atomic E-state index is 12.6. The fourth-order valence-electron chi connectivity index (χ4n) is 3.42. The molecule has 1 atom stereocenters. The minimum Gasteiger partial charge on any atom is -0.492 e. The maximum atomic E-state index is 12.6. The summed E-state index contributed by atoms with van der Waals surface area (Å²) in [4.78, 5) is 14.7. The number of carbonyl (C=O) groups excluding carboxylic acids is 1. The molecule has 2 aliphatic rings. The van der Waals surface area contributed by atoms with Crippen molar-refractivity contribution >= 4 is 5.91 Å². The summed E-state index contributed by atoms with van der Waals surface area (Å²) in [6, 6.07) is 13.7. The highest BCUT2D eigenvalue weighted by Gasteiger charge is 2.19. The third-order valence-corrected chi connectivity index (χ3v) is 4.84. The Morgan fingerprint density at radius 2 is 1.81 bits per heavy atom. The Kier molecular flexibility index (Phi) is 5.16. The van der Waals surface area contributed by atoms with Crippen LogP contribution in [0.3, 0.4) is 0 Å². The lowest BCUT2D eigenvalue weighted by Gasteiger charge is -2.23. The van der Waals surface area contributed by atoms with E-state index < -0.39 is 0 Å². The smallest absolute Gasteiger partial charge is 0.234 e. The van der Waals surface area contributed by atoms with E-state index in [1.54, 1.807) is 0 Å². The first kappa shape index (κ1) is 17.7. The molecule has 0 saturated carbocycles. The molecule has 2 aliphatic heterocycles. The van der Waals surface area contributed by atoms with Crippen LogP contribution in [-0.2, 0) is 11.3 Å². The number of nitrogens with one attached hydrogen (secondary N) is 1. The molecule has 2 heterocycles. The first-order valence-corrected chi connectivity index (χ1v) is 9.31. The van der Waals surface area contributed by atoms with Crippen molar-refractivity contribution in [2.75, 3.05) is 32.9 Å². The minimum absolute atomic E-state index is 0.00299. The zero-order valence-corrected chi connectivity index (χ0v) is 15.4. The Morgan fingerprint density at radius 3 is 2.70 bits per heavy atom. The highest BCUT2D eigenvalue weighted by molar-refractivity contribution is 5.78. The van der Waals surface area contributed by atoms with Crippen LogP contribution >= 0.6 is 0 Å². The molecular weight excluding hydrogens is 344 g/mol. The quantitative estimate of drug-likeness (QED) is 0.899. The molecule has 0 radical (unpaired) electrons. The first-order valence-electron chi connectivity index (χ1n) is 9.31. The number of fused-ring (bicyclic) bond motifs is 2. The van der Waals surface area contributed by atoms with Crippen LogP contribution in [0.1, 0.15) is 24.1 Å². The van der Waals surface area contributed by atoms with Gasteiger partial charge in [-0.3, -0.25) is 9.69 Å². The lowest BCUT2D eigenvalue weighted by atomic mass is 10.1. The fraction of sp³-hybridized carbons (Fsp3) is 0.381. The molecule has 0 saturated heterocycles. The van der Waals surface area contributed by atoms with Gasteiger partial charge in [0.25, 0.3) is 0 Å². The van der Waals surface area contributed by atoms with E-state index in [4.69, 9.17) is 14.2 Å². The third-order valence-electron chi connectivity index (χ3n) is 4.84. The van der Waals surface area contributed by atoms with Gasteiger partial charge in [0.2, 0.25) is 5.91 Å². The third kappa shape index (κ3) is 4.17. The second-order valence-corrected chi connectivity index (χ2v) is 6.86. The van der Waals surface area contributed by atoms with Crippen LogP contribution in [0, 0.1) is 0 Å². The molecule has 2 aromatic carbocycles. The number of carbonyl (C=O) groups is 1. The van der Waals surface area contributed by atoms with Gasteiger partial charge in [-0.1, -0.05) is 24.3 Å². The van der Waals surface area contributed by atoms with E-state index in [1.807, 2.05) is 49.4 Å². The Labute approximate surface area is 159 Å². The van der Waals surface area contributed by atoms with Gasteiger partial charge in [-0.2, -0.15) is 0 Å². The average molecular weight is 368 g/mol. The number of ether oxygens (including phenoxy) is 3. The highest BCUT2D eigenvalue weighted by Crippen LogP contribution is 2.32. The van der Waals surface area contributed by atoms with Crippen LogP contribution in [0.5, 0.6) is 17.2 Å². The maximum Gasteiger partial charge on any atom is 0.234 e. The van der Waals surface area contributed by atoms with E-state index in [1.165, 1.54) is 0 Å². The molecule has 27 heavy (non-hydrogen) atoms. The molecule has 6 heteroatoms. The Bertz CT molecular complexity index is 824. The van der Waals surface area contributed by atoms with Gasteiger partial charge in [0.1, 0.15) is 25.6 Å². The fourth-order valence-corrected chi connectivity index (χ4v) is 3.42. The lowest BCUT2D eigenvalue weighted by molar-refractivity contribution is -0.123. The SMILES string of the molecule is C[C@H](NC(=O)CN1CCOc2ccccc2C1)c1ccc2c(c1)OCCO2. The Hall–Kier alpha value is -2.73. The van der Waals surface area contributed by atoms with Gasteiger partial charge in [-0.15, -0.1) is 0 Å². The van der Waals surface area contributed by atoms with Gasteiger partial charge in [0.15, 0.2) is 11.5 Å². The van der Waals surface area contributed by atoms with E-state index in [9.17, 15) is 4.79 Å². The number of benzene rings is 2. The van der Waals surface area contributed by atoms with E-state index in [0.29, 0.717) is 32.9 Å². The molecule has 4 rings (SSSR count). The predicted molar refractivity (Wildman–Crippen MR) is 101 cm³/mol. The summed E-state index contributed by atoms with van der Waals surface area (Å²) in [5.74, 6) is 2.40. The molecular formula is C21H24N2O4. The van der Waals surface area contributed by atoms with Crippen molar-refractivity contribution in [1.29, 1.82) is 0 Å². The van der Waals surface area contributed by atoms with Crippen LogP contribution in [-0.4, -0.2) is 43.7 Å². The predicted octanol–water partition coefficient (Wildman–Crippen LogP) is 2.53. The molecule has 0 bridgehead atoms. The number of hydrogen-bond donors (Lipinski definition) is 1. The second kappa shape index (κ2) is 7.88. The Balaban J connectivity index is 1.36. The topological polar surface area (TPSA) is 60.0 Å². The Morgan fingerprint density at radius 1 is 1.04 bits per heavy atom. The largest absolute Gasteiger partial charge is 0.492 e. The molecule has 1 amide bonds. The van der Waals surface area contributed by atoms with Crippen molar-refractivity contribution in [1.82, 2.24) is 10.2 Å². The van der Waals surface area contributed by atoms with Crippen LogP contribution in [0.4, 0.5) is 0 Å². The molecule has 6 nitrogen and oxygen atoms in total. The molecule has 2 aromatic rings. The van der Waals surface area contributed by atoms with Gasteiger partial charge in [0, 0.05) is 18.7 Å². The molecule has 0 unspecified atom stereocenters. The molecule has 142 valence electrons. The number of para-hydroxylation sites is 1. The van der Waals surface area contributed by atoms with Crippen molar-refractivity contribution in [2.45, 2.75) is 19.5 Å². The first-order chi connectivity index (χ1) is 13.2. The summed E-state index contributed by atoms with van der Waals surface area (Å²) in [5.41, 5.74) is 2.11. The van der Waals surface area contributed by atoms with Crippen molar-refractivity contribution in [3.05, 3.63) is 53.6 Å². The number of rotatable bonds is 4. The lowest BCUT2D eigenvalue weighted by Crippen LogP contribution is -2.38. The van der Waals surface area contributed by atoms with Crippen LogP contribution in [0.25, 0.3) is 0 Å². The monoisotopic (exact) mass is 368 g/mol. The van der Waals surface area contributed by atoms with E-state index in [0.717, 1.165) is 34.9 Å². The van der Waals surface area contributed by atoms with Gasteiger partial charge in [-0.25, -0.2) is 0 Å². The van der Waals surface area contributed by atoms with E-state index >= 15 is 0 Å². The van der Waals surface area contributed by atoms with Crippen molar-refractivity contribution in [3.8, 4) is 17.2 Å². The molecule has 0 fully saturated rings. The summed E-state index contributed by atoms with van der Waals surface area (Å²) in [5, 5.41) is 3.08. The minimum atomic E-state index is -0.108. The number of amides is 1. The summed E-state index contributed by atoms with van der Waals surface area (Å²) in [6.07, 6.45) is 0. The van der Waals surface area contributed by atoms with Crippen LogP contribution < -0.4 is 19.5 Å². The molecule has 0 aromatic heterocycles. The van der Waals surface area contributed by atoms with E-state index in [-0.39, 0.29) is 11.9 Å². The highest BCUT2D eigenvalue weighted by atomic mass is 16.6.